The number of hydrogen-bond donors (Lipinski definition) is 1. The van der Waals surface area contributed by atoms with Crippen LogP contribution in [0.15, 0.2) is 48.5 Å². The number of anilines is 2. The van der Waals surface area contributed by atoms with Crippen LogP contribution >= 0.6 is 0 Å². The molecule has 4 rings (SSSR count). The zero-order valence-corrected chi connectivity index (χ0v) is 15.1. The molecule has 0 unspecified atom stereocenters. The maximum absolute atomic E-state index is 5.21. The summed E-state index contributed by atoms with van der Waals surface area (Å²) < 4.78 is 5.21. The molecular weight excluding hydrogens is 324 g/mol. The first-order valence-electron chi connectivity index (χ1n) is 9.22. The summed E-state index contributed by atoms with van der Waals surface area (Å²) >= 11 is 0. The number of aromatic nitrogens is 2. The minimum Gasteiger partial charge on any atom is -0.497 e. The van der Waals surface area contributed by atoms with Crippen LogP contribution in [0.4, 0.5) is 11.8 Å². The highest BCUT2D eigenvalue weighted by Gasteiger charge is 2.17. The third kappa shape index (κ3) is 3.57. The summed E-state index contributed by atoms with van der Waals surface area (Å²) in [4.78, 5) is 11.9. The number of methoxy groups -OCH3 is 1. The fraction of sp³-hybridized carbons (Fsp3) is 0.333. The van der Waals surface area contributed by atoms with Crippen molar-refractivity contribution in [2.75, 3.05) is 37.0 Å². The number of rotatable bonds is 6. The van der Waals surface area contributed by atoms with E-state index in [0.29, 0.717) is 5.95 Å². The van der Waals surface area contributed by atoms with Gasteiger partial charge in [0.15, 0.2) is 0 Å². The monoisotopic (exact) mass is 348 g/mol. The minimum atomic E-state index is 0.708. The van der Waals surface area contributed by atoms with Crippen LogP contribution in [0.25, 0.3) is 10.9 Å². The normalized spacial score (nSPS) is 14.0. The van der Waals surface area contributed by atoms with Crippen LogP contribution in [0.5, 0.6) is 5.75 Å². The maximum atomic E-state index is 5.21. The molecule has 0 amide bonds. The first-order chi connectivity index (χ1) is 12.8. The molecule has 1 aliphatic rings. The van der Waals surface area contributed by atoms with Crippen LogP contribution in [0, 0.1) is 0 Å². The van der Waals surface area contributed by atoms with Crippen molar-refractivity contribution in [3.63, 3.8) is 0 Å². The zero-order chi connectivity index (χ0) is 17.8. The van der Waals surface area contributed by atoms with Crippen molar-refractivity contribution < 1.29 is 4.74 Å². The molecule has 1 N–H and O–H groups in total. The molecule has 0 radical (unpaired) electrons. The quantitative estimate of drug-likeness (QED) is 0.732. The van der Waals surface area contributed by atoms with Crippen molar-refractivity contribution in [1.82, 2.24) is 9.97 Å². The van der Waals surface area contributed by atoms with Gasteiger partial charge < -0.3 is 15.0 Å². The third-order valence-electron chi connectivity index (χ3n) is 4.84. The average molecular weight is 348 g/mol. The van der Waals surface area contributed by atoms with Gasteiger partial charge in [0.2, 0.25) is 5.95 Å². The molecule has 5 nitrogen and oxygen atoms in total. The molecule has 5 heteroatoms. The highest BCUT2D eigenvalue weighted by Crippen LogP contribution is 2.27. The highest BCUT2D eigenvalue weighted by molar-refractivity contribution is 5.90. The number of nitrogens with zero attached hydrogens (tertiary/aromatic N) is 3. The number of ether oxygens (including phenoxy) is 1. The molecule has 0 bridgehead atoms. The molecule has 134 valence electrons. The summed E-state index contributed by atoms with van der Waals surface area (Å²) in [7, 11) is 1.69. The lowest BCUT2D eigenvalue weighted by Gasteiger charge is -2.19. The Balaban J connectivity index is 1.50. The van der Waals surface area contributed by atoms with Gasteiger partial charge in [0.25, 0.3) is 0 Å². The highest BCUT2D eigenvalue weighted by atomic mass is 16.5. The zero-order valence-electron chi connectivity index (χ0n) is 15.1. The first-order valence-corrected chi connectivity index (χ1v) is 9.22. The van der Waals surface area contributed by atoms with E-state index in [4.69, 9.17) is 14.7 Å². The van der Waals surface area contributed by atoms with E-state index in [1.54, 1.807) is 7.11 Å². The van der Waals surface area contributed by atoms with E-state index in [0.717, 1.165) is 48.5 Å². The molecule has 0 atom stereocenters. The van der Waals surface area contributed by atoms with Gasteiger partial charge in [0.1, 0.15) is 11.6 Å². The van der Waals surface area contributed by atoms with E-state index < -0.39 is 0 Å². The Kier molecular flexibility index (Phi) is 4.86. The lowest BCUT2D eigenvalue weighted by molar-refractivity contribution is 0.414. The standard InChI is InChI=1S/C21H24N4O/c1-26-17-10-8-16(9-11-17)12-13-22-21-23-19-7-3-2-6-18(19)20(24-21)25-14-4-5-15-25/h2-3,6-11H,4-5,12-15H2,1H3,(H,22,23,24). The molecule has 1 saturated heterocycles. The SMILES string of the molecule is COc1ccc(CCNc2nc(N3CCCC3)c3ccccc3n2)cc1. The van der Waals surface area contributed by atoms with Crippen LogP contribution in [0.2, 0.25) is 0 Å². The largest absolute Gasteiger partial charge is 0.497 e. The number of benzene rings is 2. The van der Waals surface area contributed by atoms with Crippen molar-refractivity contribution in [1.29, 1.82) is 0 Å². The van der Waals surface area contributed by atoms with Crippen LogP contribution in [-0.2, 0) is 6.42 Å². The van der Waals surface area contributed by atoms with E-state index in [2.05, 4.69) is 40.5 Å². The summed E-state index contributed by atoms with van der Waals surface area (Å²) in [6, 6.07) is 16.4. The lowest BCUT2D eigenvalue weighted by atomic mass is 10.1. The second kappa shape index (κ2) is 7.60. The Morgan fingerprint density at radius 2 is 1.77 bits per heavy atom. The molecule has 3 aromatic rings. The van der Waals surface area contributed by atoms with E-state index in [1.807, 2.05) is 18.2 Å². The van der Waals surface area contributed by atoms with Gasteiger partial charge in [0.05, 0.1) is 12.6 Å². The predicted octanol–water partition coefficient (Wildman–Crippen LogP) is 3.89. The topological polar surface area (TPSA) is 50.3 Å². The molecule has 2 heterocycles. The molecule has 26 heavy (non-hydrogen) atoms. The second-order valence-electron chi connectivity index (χ2n) is 6.61. The number of hydrogen-bond acceptors (Lipinski definition) is 5. The number of fused-ring (bicyclic) bond motifs is 1. The Labute approximate surface area is 154 Å². The van der Waals surface area contributed by atoms with Crippen LogP contribution in [0.1, 0.15) is 18.4 Å². The van der Waals surface area contributed by atoms with Crippen molar-refractivity contribution in [3.8, 4) is 5.75 Å². The summed E-state index contributed by atoms with van der Waals surface area (Å²) in [5.41, 5.74) is 2.26. The van der Waals surface area contributed by atoms with Gasteiger partial charge in [0, 0.05) is 25.0 Å². The van der Waals surface area contributed by atoms with Crippen molar-refractivity contribution >= 4 is 22.7 Å². The van der Waals surface area contributed by atoms with Crippen LogP contribution in [0.3, 0.4) is 0 Å². The van der Waals surface area contributed by atoms with Gasteiger partial charge in [-0.25, -0.2) is 4.98 Å². The first kappa shape index (κ1) is 16.6. The number of nitrogens with one attached hydrogen (secondary N) is 1. The van der Waals surface area contributed by atoms with Crippen LogP contribution < -0.4 is 15.0 Å². The molecule has 1 fully saturated rings. The Morgan fingerprint density at radius 1 is 1.00 bits per heavy atom. The Bertz CT molecular complexity index is 873. The van der Waals surface area contributed by atoms with Gasteiger partial charge in [-0.3, -0.25) is 0 Å². The van der Waals surface area contributed by atoms with E-state index in [1.165, 1.54) is 18.4 Å². The molecule has 0 aliphatic carbocycles. The Morgan fingerprint density at radius 3 is 2.54 bits per heavy atom. The summed E-state index contributed by atoms with van der Waals surface area (Å²) in [6.45, 7) is 2.95. The van der Waals surface area contributed by atoms with Gasteiger partial charge >= 0.3 is 0 Å². The maximum Gasteiger partial charge on any atom is 0.225 e. The van der Waals surface area contributed by atoms with Crippen molar-refractivity contribution in [3.05, 3.63) is 54.1 Å². The lowest BCUT2D eigenvalue weighted by Crippen LogP contribution is -2.20. The van der Waals surface area contributed by atoms with Crippen molar-refractivity contribution in [2.24, 2.45) is 0 Å². The van der Waals surface area contributed by atoms with Gasteiger partial charge in [-0.1, -0.05) is 24.3 Å². The smallest absolute Gasteiger partial charge is 0.225 e. The van der Waals surface area contributed by atoms with E-state index in [-0.39, 0.29) is 0 Å². The summed E-state index contributed by atoms with van der Waals surface area (Å²) in [6.07, 6.45) is 3.39. The fourth-order valence-corrected chi connectivity index (χ4v) is 3.42. The van der Waals surface area contributed by atoms with E-state index in [9.17, 15) is 0 Å². The Hall–Kier alpha value is -2.82. The van der Waals surface area contributed by atoms with Crippen LogP contribution in [-0.4, -0.2) is 36.7 Å². The van der Waals surface area contributed by atoms with Gasteiger partial charge in [-0.05, 0) is 49.1 Å². The van der Waals surface area contributed by atoms with Gasteiger partial charge in [-0.2, -0.15) is 4.98 Å². The van der Waals surface area contributed by atoms with Gasteiger partial charge in [-0.15, -0.1) is 0 Å². The molecular formula is C21H24N4O. The molecule has 0 spiro atoms. The average Bonchev–Trinajstić information content (AvgIpc) is 3.22. The van der Waals surface area contributed by atoms with E-state index >= 15 is 0 Å². The molecule has 2 aromatic carbocycles. The summed E-state index contributed by atoms with van der Waals surface area (Å²) in [5, 5.41) is 4.53. The third-order valence-corrected chi connectivity index (χ3v) is 4.84. The molecule has 0 saturated carbocycles. The molecule has 1 aromatic heterocycles. The fourth-order valence-electron chi connectivity index (χ4n) is 3.42. The summed E-state index contributed by atoms with van der Waals surface area (Å²) in [5.74, 6) is 2.65. The second-order valence-corrected chi connectivity index (χ2v) is 6.61. The predicted molar refractivity (Wildman–Crippen MR) is 106 cm³/mol. The minimum absolute atomic E-state index is 0.708. The number of para-hydroxylation sites is 1. The van der Waals surface area contributed by atoms with Crippen molar-refractivity contribution in [2.45, 2.75) is 19.3 Å². The molecule has 1 aliphatic heterocycles.